The molecule has 21 heavy (non-hydrogen) atoms. The molecule has 0 unspecified atom stereocenters. The van der Waals surface area contributed by atoms with Crippen LogP contribution >= 0.6 is 0 Å². The Bertz CT molecular complexity index is 625. The predicted molar refractivity (Wildman–Crippen MR) is 72.6 cm³/mol. The maximum atomic E-state index is 13.0. The van der Waals surface area contributed by atoms with Crippen LogP contribution in [0.2, 0.25) is 0 Å². The van der Waals surface area contributed by atoms with Crippen LogP contribution < -0.4 is 10.5 Å². The molecule has 0 saturated heterocycles. The van der Waals surface area contributed by atoms with Crippen LogP contribution in [0, 0.1) is 0 Å². The normalized spacial score (nSPS) is 12.5. The van der Waals surface area contributed by atoms with Gasteiger partial charge in [-0.25, -0.2) is 21.9 Å². The third-order valence-electron chi connectivity index (χ3n) is 2.73. The molecule has 10 heteroatoms. The van der Waals surface area contributed by atoms with Crippen molar-refractivity contribution in [1.82, 2.24) is 14.2 Å². The van der Waals surface area contributed by atoms with Crippen molar-refractivity contribution in [2.45, 2.75) is 10.8 Å². The van der Waals surface area contributed by atoms with E-state index in [1.165, 1.54) is 36.8 Å². The SMILES string of the molecule is CN(C)C(=O)c1cc(S(=O)(=O)NCC(F)(F)CN)cn1C. The monoisotopic (exact) mass is 324 g/mol. The summed E-state index contributed by atoms with van der Waals surface area (Å²) < 4.78 is 53.0. The lowest BCUT2D eigenvalue weighted by atomic mass is 10.3. The number of sulfonamides is 1. The number of nitrogens with two attached hydrogens (primary N) is 1. The number of rotatable bonds is 6. The second-order valence-corrected chi connectivity index (χ2v) is 6.52. The van der Waals surface area contributed by atoms with Gasteiger partial charge >= 0.3 is 0 Å². The van der Waals surface area contributed by atoms with Gasteiger partial charge in [0.2, 0.25) is 10.0 Å². The highest BCUT2D eigenvalue weighted by molar-refractivity contribution is 7.89. The summed E-state index contributed by atoms with van der Waals surface area (Å²) in [5.41, 5.74) is 4.97. The summed E-state index contributed by atoms with van der Waals surface area (Å²) in [6, 6.07) is 1.13. The smallest absolute Gasteiger partial charge is 0.273 e. The molecule has 0 aliphatic heterocycles. The molecule has 0 aromatic carbocycles. The van der Waals surface area contributed by atoms with Crippen LogP contribution in [0.25, 0.3) is 0 Å². The van der Waals surface area contributed by atoms with Crippen LogP contribution in [-0.2, 0) is 17.1 Å². The largest absolute Gasteiger partial charge is 0.345 e. The minimum Gasteiger partial charge on any atom is -0.345 e. The number of halogens is 2. The van der Waals surface area contributed by atoms with Crippen LogP contribution in [0.15, 0.2) is 17.2 Å². The minimum absolute atomic E-state index is 0.131. The second-order valence-electron chi connectivity index (χ2n) is 4.76. The lowest BCUT2D eigenvalue weighted by molar-refractivity contribution is 0.0170. The number of aromatic nitrogens is 1. The lowest BCUT2D eigenvalue weighted by Crippen LogP contribution is -2.41. The molecule has 1 aromatic rings. The lowest BCUT2D eigenvalue weighted by Gasteiger charge is -2.14. The summed E-state index contributed by atoms with van der Waals surface area (Å²) in [7, 11) is 0.384. The third kappa shape index (κ3) is 4.22. The zero-order valence-corrected chi connectivity index (χ0v) is 12.7. The average molecular weight is 324 g/mol. The van der Waals surface area contributed by atoms with Crippen LogP contribution in [0.1, 0.15) is 10.5 Å². The summed E-state index contributed by atoms with van der Waals surface area (Å²) >= 11 is 0. The van der Waals surface area contributed by atoms with E-state index in [4.69, 9.17) is 5.73 Å². The molecule has 1 amide bonds. The number of nitrogens with one attached hydrogen (secondary N) is 1. The van der Waals surface area contributed by atoms with Crippen LogP contribution in [0.4, 0.5) is 8.78 Å². The number of nitrogens with zero attached hydrogens (tertiary/aromatic N) is 2. The van der Waals surface area contributed by atoms with E-state index < -0.39 is 34.9 Å². The van der Waals surface area contributed by atoms with Crippen molar-refractivity contribution < 1.29 is 22.0 Å². The molecule has 0 fully saturated rings. The van der Waals surface area contributed by atoms with Gasteiger partial charge in [0, 0.05) is 27.3 Å². The van der Waals surface area contributed by atoms with Gasteiger partial charge in [-0.1, -0.05) is 0 Å². The van der Waals surface area contributed by atoms with Crippen molar-refractivity contribution in [2.24, 2.45) is 12.8 Å². The van der Waals surface area contributed by atoms with Gasteiger partial charge in [-0.05, 0) is 6.07 Å². The van der Waals surface area contributed by atoms with Crippen molar-refractivity contribution in [3.05, 3.63) is 18.0 Å². The van der Waals surface area contributed by atoms with Crippen molar-refractivity contribution in [3.8, 4) is 0 Å². The molecule has 1 rings (SSSR count). The Morgan fingerprint density at radius 2 is 2.05 bits per heavy atom. The summed E-state index contributed by atoms with van der Waals surface area (Å²) in [5.74, 6) is -3.73. The molecule has 0 spiro atoms. The molecule has 0 radical (unpaired) electrons. The first-order valence-corrected chi connectivity index (χ1v) is 7.44. The Hall–Kier alpha value is -1.52. The van der Waals surface area contributed by atoms with Crippen molar-refractivity contribution in [2.75, 3.05) is 27.2 Å². The Morgan fingerprint density at radius 3 is 2.52 bits per heavy atom. The molecule has 3 N–H and O–H groups in total. The Labute approximate surface area is 121 Å². The van der Waals surface area contributed by atoms with E-state index in [9.17, 15) is 22.0 Å². The topological polar surface area (TPSA) is 97.4 Å². The number of carbonyl (C=O) groups is 1. The number of aryl methyl sites for hydroxylation is 1. The van der Waals surface area contributed by atoms with E-state index in [-0.39, 0.29) is 10.6 Å². The fraction of sp³-hybridized carbons (Fsp3) is 0.545. The Kier molecular flexibility index (Phi) is 5.07. The molecule has 7 nitrogen and oxygen atoms in total. The van der Waals surface area contributed by atoms with Gasteiger partial charge in [0.25, 0.3) is 11.8 Å². The van der Waals surface area contributed by atoms with Gasteiger partial charge in [0.05, 0.1) is 13.1 Å². The third-order valence-corrected chi connectivity index (χ3v) is 4.10. The molecular formula is C11H18F2N4O3S. The minimum atomic E-state index is -4.14. The summed E-state index contributed by atoms with van der Waals surface area (Å²) in [6.07, 6.45) is 1.18. The zero-order chi connectivity index (χ0) is 16.4. The first-order valence-electron chi connectivity index (χ1n) is 5.96. The molecule has 120 valence electrons. The van der Waals surface area contributed by atoms with E-state index in [0.717, 1.165) is 6.07 Å². The number of hydrogen-bond donors (Lipinski definition) is 2. The average Bonchev–Trinajstić information content (AvgIpc) is 2.78. The highest BCUT2D eigenvalue weighted by Crippen LogP contribution is 2.16. The molecule has 0 atom stereocenters. The van der Waals surface area contributed by atoms with Crippen LogP contribution in [0.5, 0.6) is 0 Å². The van der Waals surface area contributed by atoms with E-state index >= 15 is 0 Å². The Balaban J connectivity index is 3.01. The quantitative estimate of drug-likeness (QED) is 0.744. The van der Waals surface area contributed by atoms with Gasteiger partial charge in [0.15, 0.2) is 0 Å². The molecule has 0 aliphatic carbocycles. The Morgan fingerprint density at radius 1 is 1.48 bits per heavy atom. The molecule has 1 heterocycles. The molecule has 0 aliphatic rings. The molecular weight excluding hydrogens is 306 g/mol. The number of alkyl halides is 2. The van der Waals surface area contributed by atoms with Crippen molar-refractivity contribution >= 4 is 15.9 Å². The van der Waals surface area contributed by atoms with Gasteiger partial charge in [-0.15, -0.1) is 0 Å². The van der Waals surface area contributed by atoms with Gasteiger partial charge in [0.1, 0.15) is 10.6 Å². The summed E-state index contributed by atoms with van der Waals surface area (Å²) in [6.45, 7) is -2.06. The highest BCUT2D eigenvalue weighted by Gasteiger charge is 2.30. The van der Waals surface area contributed by atoms with E-state index in [0.29, 0.717) is 0 Å². The van der Waals surface area contributed by atoms with Crippen LogP contribution in [0.3, 0.4) is 0 Å². The number of hydrogen-bond acceptors (Lipinski definition) is 4. The van der Waals surface area contributed by atoms with E-state index in [1.807, 2.05) is 0 Å². The molecule has 0 saturated carbocycles. The second kappa shape index (κ2) is 6.08. The van der Waals surface area contributed by atoms with E-state index in [1.54, 1.807) is 4.72 Å². The standard InChI is InChI=1S/C11H18F2N4O3S/c1-16(2)10(18)9-4-8(5-17(9)3)21(19,20)15-7-11(12,13)6-14/h4-5,15H,6-7,14H2,1-3H3. The first-order chi connectivity index (χ1) is 9.50. The molecule has 0 bridgehead atoms. The number of amides is 1. The maximum Gasteiger partial charge on any atom is 0.273 e. The van der Waals surface area contributed by atoms with Crippen molar-refractivity contribution in [3.63, 3.8) is 0 Å². The van der Waals surface area contributed by atoms with Gasteiger partial charge < -0.3 is 15.2 Å². The maximum absolute atomic E-state index is 13.0. The zero-order valence-electron chi connectivity index (χ0n) is 11.9. The van der Waals surface area contributed by atoms with Gasteiger partial charge in [-0.2, -0.15) is 0 Å². The highest BCUT2D eigenvalue weighted by atomic mass is 32.2. The predicted octanol–water partition coefficient (Wildman–Crippen LogP) is -0.401. The van der Waals surface area contributed by atoms with Crippen molar-refractivity contribution in [1.29, 1.82) is 0 Å². The summed E-state index contributed by atoms with van der Waals surface area (Å²) in [5, 5.41) is 0. The number of carbonyl (C=O) groups excluding carboxylic acids is 1. The fourth-order valence-electron chi connectivity index (χ4n) is 1.48. The first kappa shape index (κ1) is 17.5. The fourth-order valence-corrected chi connectivity index (χ4v) is 2.61. The van der Waals surface area contributed by atoms with E-state index in [2.05, 4.69) is 0 Å². The van der Waals surface area contributed by atoms with Crippen LogP contribution in [-0.4, -0.2) is 56.9 Å². The summed E-state index contributed by atoms with van der Waals surface area (Å²) in [4.78, 5) is 12.8. The van der Waals surface area contributed by atoms with Gasteiger partial charge in [-0.3, -0.25) is 4.79 Å². The molecule has 1 aromatic heterocycles.